The second kappa shape index (κ2) is 6.25. The number of carbonyl (C=O) groups excluding carboxylic acids is 1. The number of fused-ring (bicyclic) bond motifs is 1. The van der Waals surface area contributed by atoms with Crippen molar-refractivity contribution in [3.05, 3.63) is 48.5 Å². The summed E-state index contributed by atoms with van der Waals surface area (Å²) in [7, 11) is -3.61. The van der Waals surface area contributed by atoms with Gasteiger partial charge in [0.05, 0.1) is 10.6 Å². The molecule has 1 heterocycles. The van der Waals surface area contributed by atoms with Crippen molar-refractivity contribution in [2.24, 2.45) is 0 Å². The fourth-order valence-corrected chi connectivity index (χ4v) is 5.09. The summed E-state index contributed by atoms with van der Waals surface area (Å²) in [5.74, 6) is 0.530. The number of rotatable bonds is 3. The van der Waals surface area contributed by atoms with Gasteiger partial charge in [0.2, 0.25) is 5.91 Å². The molecular formula is C16H16N2O3S2. The molecule has 1 aliphatic heterocycles. The van der Waals surface area contributed by atoms with Crippen molar-refractivity contribution in [3.8, 4) is 0 Å². The molecule has 3 rings (SSSR count). The Morgan fingerprint density at radius 2 is 1.83 bits per heavy atom. The third-order valence-electron chi connectivity index (χ3n) is 3.45. The lowest BCUT2D eigenvalue weighted by molar-refractivity contribution is -0.114. The number of anilines is 2. The molecule has 0 saturated carbocycles. The van der Waals surface area contributed by atoms with Crippen LogP contribution in [0.3, 0.4) is 0 Å². The van der Waals surface area contributed by atoms with Crippen LogP contribution in [0.5, 0.6) is 0 Å². The minimum absolute atomic E-state index is 0.192. The van der Waals surface area contributed by atoms with E-state index in [0.717, 1.165) is 16.3 Å². The van der Waals surface area contributed by atoms with E-state index in [9.17, 15) is 13.2 Å². The molecule has 0 fully saturated rings. The smallest absolute Gasteiger partial charge is 0.264 e. The largest absolute Gasteiger partial charge is 0.326 e. The van der Waals surface area contributed by atoms with E-state index in [1.165, 1.54) is 23.4 Å². The molecule has 0 spiro atoms. The fourth-order valence-electron chi connectivity index (χ4n) is 2.43. The summed E-state index contributed by atoms with van der Waals surface area (Å²) in [6.45, 7) is 1.85. The van der Waals surface area contributed by atoms with Crippen LogP contribution >= 0.6 is 11.8 Å². The first-order valence-corrected chi connectivity index (χ1v) is 9.53. The first-order chi connectivity index (χ1) is 11.0. The van der Waals surface area contributed by atoms with Crippen LogP contribution in [0.25, 0.3) is 0 Å². The van der Waals surface area contributed by atoms with Crippen LogP contribution in [0.2, 0.25) is 0 Å². The van der Waals surface area contributed by atoms with Crippen LogP contribution < -0.4 is 9.62 Å². The van der Waals surface area contributed by atoms with E-state index in [4.69, 9.17) is 0 Å². The summed E-state index contributed by atoms with van der Waals surface area (Å²) in [4.78, 5) is 12.2. The van der Waals surface area contributed by atoms with Gasteiger partial charge in [0, 0.05) is 29.8 Å². The molecular weight excluding hydrogens is 332 g/mol. The first kappa shape index (κ1) is 15.9. The summed E-state index contributed by atoms with van der Waals surface area (Å²) in [5, 5.41) is 2.63. The molecule has 1 N–H and O–H groups in total. The minimum atomic E-state index is -3.61. The Morgan fingerprint density at radius 1 is 1.13 bits per heavy atom. The van der Waals surface area contributed by atoms with E-state index in [0.29, 0.717) is 12.2 Å². The maximum Gasteiger partial charge on any atom is 0.264 e. The Morgan fingerprint density at radius 3 is 2.52 bits per heavy atom. The quantitative estimate of drug-likeness (QED) is 0.926. The Kier molecular flexibility index (Phi) is 4.32. The van der Waals surface area contributed by atoms with Crippen molar-refractivity contribution in [1.82, 2.24) is 0 Å². The molecule has 0 radical (unpaired) electrons. The van der Waals surface area contributed by atoms with Crippen LogP contribution in [-0.4, -0.2) is 26.6 Å². The highest BCUT2D eigenvalue weighted by atomic mass is 32.2. The molecule has 0 bridgehead atoms. The summed E-state index contributed by atoms with van der Waals surface area (Å²) in [6.07, 6.45) is 0. The highest BCUT2D eigenvalue weighted by Gasteiger charge is 2.29. The van der Waals surface area contributed by atoms with Gasteiger partial charge in [-0.25, -0.2) is 8.42 Å². The van der Waals surface area contributed by atoms with Crippen LogP contribution in [0.1, 0.15) is 6.92 Å². The van der Waals surface area contributed by atoms with Gasteiger partial charge in [-0.1, -0.05) is 12.1 Å². The van der Waals surface area contributed by atoms with E-state index in [1.807, 2.05) is 24.3 Å². The maximum atomic E-state index is 12.9. The van der Waals surface area contributed by atoms with Crippen LogP contribution in [0.4, 0.5) is 11.4 Å². The molecule has 7 heteroatoms. The van der Waals surface area contributed by atoms with Gasteiger partial charge in [0.1, 0.15) is 0 Å². The molecule has 120 valence electrons. The number of nitrogens with one attached hydrogen (secondary N) is 1. The van der Waals surface area contributed by atoms with Gasteiger partial charge in [-0.05, 0) is 36.4 Å². The fraction of sp³-hybridized carbons (Fsp3) is 0.188. The maximum absolute atomic E-state index is 12.9. The van der Waals surface area contributed by atoms with Crippen LogP contribution in [0.15, 0.2) is 58.3 Å². The molecule has 1 amide bonds. The Balaban J connectivity index is 1.95. The number of benzene rings is 2. The van der Waals surface area contributed by atoms with Crippen molar-refractivity contribution < 1.29 is 13.2 Å². The lowest BCUT2D eigenvalue weighted by Crippen LogP contribution is -2.35. The average molecular weight is 348 g/mol. The molecule has 0 atom stereocenters. The summed E-state index contributed by atoms with van der Waals surface area (Å²) in [5.41, 5.74) is 1.29. The number of hydrogen-bond donors (Lipinski definition) is 1. The van der Waals surface area contributed by atoms with Gasteiger partial charge in [0.25, 0.3) is 10.0 Å². The van der Waals surface area contributed by atoms with E-state index in [1.54, 1.807) is 23.9 Å². The van der Waals surface area contributed by atoms with Crippen LogP contribution in [-0.2, 0) is 14.8 Å². The minimum Gasteiger partial charge on any atom is -0.326 e. The molecule has 1 aliphatic rings. The number of hydrogen-bond acceptors (Lipinski definition) is 4. The zero-order valence-corrected chi connectivity index (χ0v) is 14.2. The normalized spacial score (nSPS) is 14.2. The van der Waals surface area contributed by atoms with Crippen molar-refractivity contribution in [2.45, 2.75) is 16.7 Å². The molecule has 0 aromatic heterocycles. The summed E-state index contributed by atoms with van der Waals surface area (Å²) >= 11 is 1.66. The zero-order chi connectivity index (χ0) is 16.4. The first-order valence-electron chi connectivity index (χ1n) is 7.11. The van der Waals surface area contributed by atoms with Gasteiger partial charge in [0.15, 0.2) is 0 Å². The molecule has 0 unspecified atom stereocenters. The van der Waals surface area contributed by atoms with Gasteiger partial charge in [-0.2, -0.15) is 0 Å². The predicted octanol–water partition coefficient (Wildman–Crippen LogP) is 2.95. The van der Waals surface area contributed by atoms with Crippen LogP contribution in [0, 0.1) is 0 Å². The third kappa shape index (κ3) is 3.20. The number of thioether (sulfide) groups is 1. The predicted molar refractivity (Wildman–Crippen MR) is 92.4 cm³/mol. The highest BCUT2D eigenvalue weighted by Crippen LogP contribution is 2.37. The van der Waals surface area contributed by atoms with Gasteiger partial charge < -0.3 is 5.32 Å². The lowest BCUT2D eigenvalue weighted by Gasteiger charge is -2.30. The van der Waals surface area contributed by atoms with Crippen molar-refractivity contribution in [1.29, 1.82) is 0 Å². The van der Waals surface area contributed by atoms with Gasteiger partial charge in [-0.3, -0.25) is 9.10 Å². The number of sulfonamides is 1. The number of carbonyl (C=O) groups is 1. The topological polar surface area (TPSA) is 66.5 Å². The Bertz CT molecular complexity index is 833. The van der Waals surface area contributed by atoms with Crippen molar-refractivity contribution in [2.75, 3.05) is 21.9 Å². The van der Waals surface area contributed by atoms with E-state index in [2.05, 4.69) is 5.32 Å². The number of nitrogens with zero attached hydrogens (tertiary/aromatic N) is 1. The molecule has 5 nitrogen and oxygen atoms in total. The van der Waals surface area contributed by atoms with Gasteiger partial charge in [-0.15, -0.1) is 11.8 Å². The van der Waals surface area contributed by atoms with E-state index >= 15 is 0 Å². The third-order valence-corrected chi connectivity index (χ3v) is 6.32. The zero-order valence-electron chi connectivity index (χ0n) is 12.5. The Hall–Kier alpha value is -1.99. The summed E-state index contributed by atoms with van der Waals surface area (Å²) in [6, 6.07) is 13.7. The van der Waals surface area contributed by atoms with E-state index in [-0.39, 0.29) is 10.8 Å². The lowest BCUT2D eigenvalue weighted by atomic mass is 10.3. The molecule has 2 aromatic carbocycles. The average Bonchev–Trinajstić information content (AvgIpc) is 2.54. The number of para-hydroxylation sites is 1. The Labute approximate surface area is 139 Å². The molecule has 0 aliphatic carbocycles. The number of amides is 1. The highest BCUT2D eigenvalue weighted by molar-refractivity contribution is 8.00. The second-order valence-corrected chi connectivity index (χ2v) is 8.10. The SMILES string of the molecule is CC(=O)Nc1ccc(S(=O)(=O)N2CCSc3ccccc32)cc1. The molecule has 23 heavy (non-hydrogen) atoms. The second-order valence-electron chi connectivity index (χ2n) is 5.10. The molecule has 0 saturated heterocycles. The summed E-state index contributed by atoms with van der Waals surface area (Å²) < 4.78 is 27.3. The standard InChI is InChI=1S/C16H16N2O3S2/c1-12(19)17-13-6-8-14(9-7-13)23(20,21)18-10-11-22-16-5-3-2-4-15(16)18/h2-9H,10-11H2,1H3,(H,17,19). The molecule has 2 aromatic rings. The van der Waals surface area contributed by atoms with E-state index < -0.39 is 10.0 Å². The van der Waals surface area contributed by atoms with Crippen molar-refractivity contribution in [3.63, 3.8) is 0 Å². The van der Waals surface area contributed by atoms with Crippen molar-refractivity contribution >= 4 is 39.1 Å². The van der Waals surface area contributed by atoms with Gasteiger partial charge >= 0.3 is 0 Å². The monoisotopic (exact) mass is 348 g/mol.